The van der Waals surface area contributed by atoms with Crippen LogP contribution in [-0.2, 0) is 4.79 Å². The van der Waals surface area contributed by atoms with Gasteiger partial charge >= 0.3 is 0 Å². The van der Waals surface area contributed by atoms with Crippen molar-refractivity contribution in [3.05, 3.63) is 95.0 Å². The molecule has 202 valence electrons. The first-order valence-electron chi connectivity index (χ1n) is 13.5. The molecule has 0 aliphatic carbocycles. The number of amides is 1. The van der Waals surface area contributed by atoms with Crippen molar-refractivity contribution in [3.63, 3.8) is 0 Å². The Bertz CT molecular complexity index is 1460. The molecule has 1 aliphatic heterocycles. The number of piperazine rings is 1. The molecule has 4 aromatic rings. The summed E-state index contributed by atoms with van der Waals surface area (Å²) in [5.74, 6) is 2.12. The zero-order valence-electron chi connectivity index (χ0n) is 22.5. The summed E-state index contributed by atoms with van der Waals surface area (Å²) in [5.41, 5.74) is 1.34. The van der Waals surface area contributed by atoms with Gasteiger partial charge in [0, 0.05) is 26.2 Å². The van der Waals surface area contributed by atoms with Gasteiger partial charge in [-0.1, -0.05) is 37.3 Å². The zero-order chi connectivity index (χ0) is 27.2. The Hall–Kier alpha value is -4.17. The van der Waals surface area contributed by atoms with Gasteiger partial charge in [-0.05, 0) is 61.9 Å². The average molecular weight is 527 g/mol. The van der Waals surface area contributed by atoms with E-state index < -0.39 is 0 Å². The van der Waals surface area contributed by atoms with Gasteiger partial charge in [0.2, 0.25) is 0 Å². The normalized spacial score (nSPS) is 14.8. The van der Waals surface area contributed by atoms with E-state index in [1.165, 1.54) is 0 Å². The van der Waals surface area contributed by atoms with Crippen LogP contribution in [0.5, 0.6) is 11.5 Å². The Kier molecular flexibility index (Phi) is 8.22. The van der Waals surface area contributed by atoms with Crippen LogP contribution >= 0.6 is 0 Å². The third-order valence-electron chi connectivity index (χ3n) is 7.11. The van der Waals surface area contributed by atoms with E-state index >= 15 is 0 Å². The minimum atomic E-state index is -0.0925. The van der Waals surface area contributed by atoms with E-state index in [1.807, 2.05) is 90.7 Å². The molecule has 0 bridgehead atoms. The van der Waals surface area contributed by atoms with Gasteiger partial charge in [-0.15, -0.1) is 0 Å². The summed E-state index contributed by atoms with van der Waals surface area (Å²) in [4.78, 5) is 35.8. The first kappa shape index (κ1) is 26.4. The molecule has 8 heteroatoms. The maximum absolute atomic E-state index is 13.8. The van der Waals surface area contributed by atoms with Gasteiger partial charge in [0.15, 0.2) is 6.61 Å². The van der Waals surface area contributed by atoms with Crippen LogP contribution in [0.4, 0.5) is 0 Å². The maximum atomic E-state index is 13.8. The van der Waals surface area contributed by atoms with E-state index in [2.05, 4.69) is 11.8 Å². The van der Waals surface area contributed by atoms with Gasteiger partial charge < -0.3 is 14.4 Å². The summed E-state index contributed by atoms with van der Waals surface area (Å²) in [6.45, 7) is 7.20. The lowest BCUT2D eigenvalue weighted by molar-refractivity contribution is -0.135. The predicted molar refractivity (Wildman–Crippen MR) is 152 cm³/mol. The van der Waals surface area contributed by atoms with Crippen LogP contribution in [0.3, 0.4) is 0 Å². The average Bonchev–Trinajstić information content (AvgIpc) is 2.98. The largest absolute Gasteiger partial charge is 0.494 e. The molecule has 39 heavy (non-hydrogen) atoms. The van der Waals surface area contributed by atoms with Crippen LogP contribution in [0, 0.1) is 0 Å². The van der Waals surface area contributed by atoms with Gasteiger partial charge in [0.05, 0.1) is 29.2 Å². The third-order valence-corrected chi connectivity index (χ3v) is 7.11. The van der Waals surface area contributed by atoms with Crippen molar-refractivity contribution < 1.29 is 14.3 Å². The maximum Gasteiger partial charge on any atom is 0.266 e. The molecule has 5 rings (SSSR count). The number of hydrogen-bond donors (Lipinski definition) is 0. The molecule has 8 nitrogen and oxygen atoms in total. The fourth-order valence-corrected chi connectivity index (χ4v) is 5.12. The molecule has 2 heterocycles. The van der Waals surface area contributed by atoms with E-state index in [0.29, 0.717) is 55.3 Å². The van der Waals surface area contributed by atoms with Crippen molar-refractivity contribution >= 4 is 16.8 Å². The Morgan fingerprint density at radius 2 is 1.51 bits per heavy atom. The Morgan fingerprint density at radius 3 is 2.21 bits per heavy atom. The number of hydrogen-bond acceptors (Lipinski definition) is 6. The van der Waals surface area contributed by atoms with Crippen molar-refractivity contribution in [1.29, 1.82) is 0 Å². The highest BCUT2D eigenvalue weighted by Gasteiger charge is 2.30. The third kappa shape index (κ3) is 5.81. The number of ether oxygens (including phenoxy) is 2. The lowest BCUT2D eigenvalue weighted by Gasteiger charge is -2.39. The molecule has 1 unspecified atom stereocenters. The smallest absolute Gasteiger partial charge is 0.266 e. The lowest BCUT2D eigenvalue weighted by atomic mass is 10.1. The van der Waals surface area contributed by atoms with Crippen molar-refractivity contribution in [2.45, 2.75) is 26.3 Å². The topological polar surface area (TPSA) is 76.9 Å². The lowest BCUT2D eigenvalue weighted by Crippen LogP contribution is -2.51. The van der Waals surface area contributed by atoms with E-state index in [1.54, 1.807) is 4.57 Å². The summed E-state index contributed by atoms with van der Waals surface area (Å²) in [7, 11) is 0. The summed E-state index contributed by atoms with van der Waals surface area (Å²) in [6.07, 6.45) is 0.771. The minimum absolute atomic E-state index is 0.0186. The van der Waals surface area contributed by atoms with Crippen LogP contribution in [0.15, 0.2) is 83.7 Å². The molecule has 1 aromatic heterocycles. The number of nitrogens with zero attached hydrogens (tertiary/aromatic N) is 4. The second-order valence-corrected chi connectivity index (χ2v) is 9.50. The Labute approximate surface area is 228 Å². The predicted octanol–water partition coefficient (Wildman–Crippen LogP) is 4.46. The van der Waals surface area contributed by atoms with E-state index in [4.69, 9.17) is 14.5 Å². The highest BCUT2D eigenvalue weighted by atomic mass is 16.5. The zero-order valence-corrected chi connectivity index (χ0v) is 22.5. The van der Waals surface area contributed by atoms with Crippen LogP contribution in [0.2, 0.25) is 0 Å². The fraction of sp³-hybridized carbons (Fsp3) is 0.323. The Morgan fingerprint density at radius 1 is 0.846 bits per heavy atom. The van der Waals surface area contributed by atoms with Crippen molar-refractivity contribution in [2.24, 2.45) is 0 Å². The number of fused-ring (bicyclic) bond motifs is 1. The van der Waals surface area contributed by atoms with Crippen molar-refractivity contribution in [3.8, 4) is 17.2 Å². The SMILES string of the molecule is CCOc1ccc(-n2c(C(CC)N3CCN(C(=O)COc4ccccc4)CC3)nc3ccccc3c2=O)cc1. The molecule has 1 saturated heterocycles. The molecule has 1 aliphatic rings. The van der Waals surface area contributed by atoms with Crippen molar-refractivity contribution in [2.75, 3.05) is 39.4 Å². The molecular weight excluding hydrogens is 492 g/mol. The molecule has 0 saturated carbocycles. The second kappa shape index (κ2) is 12.1. The number of rotatable bonds is 9. The quantitative estimate of drug-likeness (QED) is 0.321. The van der Waals surface area contributed by atoms with Crippen molar-refractivity contribution in [1.82, 2.24) is 19.4 Å². The van der Waals surface area contributed by atoms with Crippen LogP contribution in [0.1, 0.15) is 32.1 Å². The second-order valence-electron chi connectivity index (χ2n) is 9.50. The standard InChI is InChI=1S/C31H34N4O4/c1-3-28(33-18-20-34(21-19-33)29(36)22-39-24-10-6-5-7-11-24)30-32-27-13-9-8-12-26(27)31(37)35(30)23-14-16-25(17-15-23)38-4-2/h5-17,28H,3-4,18-22H2,1-2H3. The highest BCUT2D eigenvalue weighted by Crippen LogP contribution is 2.27. The molecule has 1 fully saturated rings. The summed E-state index contributed by atoms with van der Waals surface area (Å²) < 4.78 is 13.0. The molecule has 0 radical (unpaired) electrons. The fourth-order valence-electron chi connectivity index (χ4n) is 5.12. The molecule has 1 atom stereocenters. The first-order chi connectivity index (χ1) is 19.1. The number of para-hydroxylation sites is 2. The molecule has 0 spiro atoms. The molecule has 3 aromatic carbocycles. The van der Waals surface area contributed by atoms with E-state index in [9.17, 15) is 9.59 Å². The minimum Gasteiger partial charge on any atom is -0.494 e. The summed E-state index contributed by atoms with van der Waals surface area (Å²) in [6, 6.07) is 24.3. The molecule has 1 amide bonds. The van der Waals surface area contributed by atoms with Crippen LogP contribution in [-0.4, -0.2) is 64.7 Å². The van der Waals surface area contributed by atoms with Gasteiger partial charge in [0.25, 0.3) is 11.5 Å². The van der Waals surface area contributed by atoms with Gasteiger partial charge in [-0.2, -0.15) is 0 Å². The van der Waals surface area contributed by atoms with E-state index in [0.717, 1.165) is 17.9 Å². The van der Waals surface area contributed by atoms with E-state index in [-0.39, 0.29) is 24.1 Å². The summed E-state index contributed by atoms with van der Waals surface area (Å²) >= 11 is 0. The number of aromatic nitrogens is 2. The molecule has 0 N–H and O–H groups in total. The highest BCUT2D eigenvalue weighted by molar-refractivity contribution is 5.78. The van der Waals surface area contributed by atoms with Crippen LogP contribution in [0.25, 0.3) is 16.6 Å². The number of benzene rings is 3. The van der Waals surface area contributed by atoms with Gasteiger partial charge in [-0.25, -0.2) is 4.98 Å². The first-order valence-corrected chi connectivity index (χ1v) is 13.5. The monoisotopic (exact) mass is 526 g/mol. The number of carbonyl (C=O) groups is 1. The number of carbonyl (C=O) groups excluding carboxylic acids is 1. The molecular formula is C31H34N4O4. The Balaban J connectivity index is 1.39. The summed E-state index contributed by atoms with van der Waals surface area (Å²) in [5, 5.41) is 0.582. The van der Waals surface area contributed by atoms with Crippen LogP contribution < -0.4 is 15.0 Å². The van der Waals surface area contributed by atoms with Gasteiger partial charge in [0.1, 0.15) is 17.3 Å². The van der Waals surface area contributed by atoms with Gasteiger partial charge in [-0.3, -0.25) is 19.1 Å².